The Morgan fingerprint density at radius 1 is 1.31 bits per heavy atom. The third kappa shape index (κ3) is 1.92. The van der Waals surface area contributed by atoms with Crippen LogP contribution in [-0.2, 0) is 14.6 Å². The highest BCUT2D eigenvalue weighted by Gasteiger charge is 2.43. The van der Waals surface area contributed by atoms with Crippen molar-refractivity contribution in [3.63, 3.8) is 0 Å². The number of carboxylic acids is 1. The molecule has 1 rings (SSSR count). The molecule has 4 nitrogen and oxygen atoms in total. The molecule has 0 bridgehead atoms. The molecular formula is C10H11ClO4S. The van der Waals surface area contributed by atoms with E-state index < -0.39 is 20.6 Å². The molecule has 1 aromatic carbocycles. The van der Waals surface area contributed by atoms with E-state index in [2.05, 4.69) is 0 Å². The molecule has 0 saturated heterocycles. The monoisotopic (exact) mass is 262 g/mol. The van der Waals surface area contributed by atoms with E-state index in [4.69, 9.17) is 16.7 Å². The zero-order valence-electron chi connectivity index (χ0n) is 8.77. The van der Waals surface area contributed by atoms with E-state index in [1.54, 1.807) is 6.07 Å². The topological polar surface area (TPSA) is 71.4 Å². The largest absolute Gasteiger partial charge is 0.480 e. The number of aliphatic carboxylic acids is 1. The van der Waals surface area contributed by atoms with Crippen LogP contribution >= 0.6 is 11.6 Å². The van der Waals surface area contributed by atoms with Gasteiger partial charge in [-0.2, -0.15) is 0 Å². The lowest BCUT2D eigenvalue weighted by atomic mass is 10.2. The fourth-order valence-corrected chi connectivity index (χ4v) is 2.86. The molecule has 16 heavy (non-hydrogen) atoms. The molecule has 0 aliphatic carbocycles. The molecule has 1 N–H and O–H groups in total. The van der Waals surface area contributed by atoms with Gasteiger partial charge in [-0.3, -0.25) is 4.79 Å². The van der Waals surface area contributed by atoms with Crippen LogP contribution in [-0.4, -0.2) is 24.2 Å². The van der Waals surface area contributed by atoms with Gasteiger partial charge in [0.05, 0.1) is 9.92 Å². The van der Waals surface area contributed by atoms with Crippen LogP contribution in [0.3, 0.4) is 0 Å². The van der Waals surface area contributed by atoms with E-state index in [-0.39, 0.29) is 9.92 Å². The van der Waals surface area contributed by atoms with E-state index in [0.717, 1.165) is 13.8 Å². The van der Waals surface area contributed by atoms with Gasteiger partial charge in [0.15, 0.2) is 14.6 Å². The van der Waals surface area contributed by atoms with Gasteiger partial charge in [0.2, 0.25) is 0 Å². The van der Waals surface area contributed by atoms with Crippen molar-refractivity contribution in [1.29, 1.82) is 0 Å². The summed E-state index contributed by atoms with van der Waals surface area (Å²) in [5, 5.41) is 8.93. The van der Waals surface area contributed by atoms with Crippen LogP contribution in [0.2, 0.25) is 5.02 Å². The van der Waals surface area contributed by atoms with Crippen molar-refractivity contribution in [2.75, 3.05) is 0 Å². The number of sulfone groups is 1. The molecule has 0 fully saturated rings. The summed E-state index contributed by atoms with van der Waals surface area (Å²) >= 11 is 5.75. The van der Waals surface area contributed by atoms with Crippen molar-refractivity contribution in [3.05, 3.63) is 29.3 Å². The minimum Gasteiger partial charge on any atom is -0.480 e. The first-order valence-electron chi connectivity index (χ1n) is 4.44. The average molecular weight is 263 g/mol. The summed E-state index contributed by atoms with van der Waals surface area (Å²) < 4.78 is 22.2. The molecule has 0 aromatic heterocycles. The van der Waals surface area contributed by atoms with Crippen LogP contribution in [0, 0.1) is 0 Å². The molecule has 0 aliphatic rings. The van der Waals surface area contributed by atoms with Gasteiger partial charge >= 0.3 is 5.97 Å². The summed E-state index contributed by atoms with van der Waals surface area (Å²) in [5.41, 5.74) is 0. The quantitative estimate of drug-likeness (QED) is 0.904. The lowest BCUT2D eigenvalue weighted by molar-refractivity contribution is -0.139. The van der Waals surface area contributed by atoms with E-state index in [9.17, 15) is 13.2 Å². The highest BCUT2D eigenvalue weighted by atomic mass is 35.5. The predicted octanol–water partition coefficient (Wildman–Crippen LogP) is 1.98. The summed E-state index contributed by atoms with van der Waals surface area (Å²) in [6.45, 7) is 2.27. The van der Waals surface area contributed by atoms with Crippen LogP contribution in [0.25, 0.3) is 0 Å². The van der Waals surface area contributed by atoms with E-state index >= 15 is 0 Å². The predicted molar refractivity (Wildman–Crippen MR) is 60.4 cm³/mol. The van der Waals surface area contributed by atoms with Gasteiger partial charge in [-0.25, -0.2) is 8.42 Å². The molecular weight excluding hydrogens is 252 g/mol. The zero-order valence-corrected chi connectivity index (χ0v) is 10.3. The molecule has 6 heteroatoms. The zero-order chi connectivity index (χ0) is 12.6. The van der Waals surface area contributed by atoms with E-state index in [1.807, 2.05) is 0 Å². The molecule has 1 aromatic rings. The van der Waals surface area contributed by atoms with E-state index in [0.29, 0.717) is 0 Å². The van der Waals surface area contributed by atoms with Crippen molar-refractivity contribution in [2.45, 2.75) is 23.5 Å². The minimum absolute atomic E-state index is 0.0248. The number of rotatable bonds is 3. The second kappa shape index (κ2) is 4.07. The smallest absolute Gasteiger partial charge is 0.324 e. The fraction of sp³-hybridized carbons (Fsp3) is 0.300. The molecule has 0 atom stereocenters. The molecule has 0 amide bonds. The second-order valence-electron chi connectivity index (χ2n) is 3.75. The molecule has 0 heterocycles. The highest BCUT2D eigenvalue weighted by molar-refractivity contribution is 7.93. The van der Waals surface area contributed by atoms with Gasteiger partial charge in [0, 0.05) is 0 Å². The maximum atomic E-state index is 12.1. The van der Waals surface area contributed by atoms with Crippen molar-refractivity contribution in [1.82, 2.24) is 0 Å². The summed E-state index contributed by atoms with van der Waals surface area (Å²) in [6, 6.07) is 5.78. The Hall–Kier alpha value is -1.07. The standard InChI is InChI=1S/C10H11ClO4S/c1-10(2,9(12)13)16(14,15)8-6-4-3-5-7(8)11/h3-6H,1-2H3,(H,12,13). The molecule has 0 saturated carbocycles. The number of hydrogen-bond acceptors (Lipinski definition) is 3. The van der Waals surface area contributed by atoms with Crippen LogP contribution in [0.4, 0.5) is 0 Å². The number of benzene rings is 1. The third-order valence-corrected chi connectivity index (χ3v) is 5.21. The van der Waals surface area contributed by atoms with Crippen LogP contribution < -0.4 is 0 Å². The van der Waals surface area contributed by atoms with Crippen LogP contribution in [0.1, 0.15) is 13.8 Å². The fourth-order valence-electron chi connectivity index (χ4n) is 1.05. The second-order valence-corrected chi connectivity index (χ2v) is 6.62. The Balaban J connectivity index is 3.45. The third-order valence-electron chi connectivity index (χ3n) is 2.31. The van der Waals surface area contributed by atoms with Crippen molar-refractivity contribution >= 4 is 27.4 Å². The van der Waals surface area contributed by atoms with Gasteiger partial charge < -0.3 is 5.11 Å². The number of halogens is 1. The molecule has 0 aliphatic heterocycles. The SMILES string of the molecule is CC(C)(C(=O)O)S(=O)(=O)c1ccccc1Cl. The van der Waals surface area contributed by atoms with Crippen molar-refractivity contribution in [3.8, 4) is 0 Å². The van der Waals surface area contributed by atoms with Gasteiger partial charge in [-0.05, 0) is 26.0 Å². The molecule has 0 radical (unpaired) electrons. The average Bonchev–Trinajstić information content (AvgIpc) is 2.17. The Morgan fingerprint density at radius 2 is 1.81 bits per heavy atom. The summed E-state index contributed by atoms with van der Waals surface area (Å²) in [4.78, 5) is 10.8. The first-order valence-corrected chi connectivity index (χ1v) is 6.30. The summed E-state index contributed by atoms with van der Waals surface area (Å²) in [7, 11) is -4.00. The Bertz CT molecular complexity index is 519. The first kappa shape index (κ1) is 13.0. The molecule has 0 spiro atoms. The van der Waals surface area contributed by atoms with Crippen molar-refractivity contribution < 1.29 is 18.3 Å². The Morgan fingerprint density at radius 3 is 2.25 bits per heavy atom. The van der Waals surface area contributed by atoms with Gasteiger partial charge in [0.25, 0.3) is 0 Å². The number of carbonyl (C=O) groups is 1. The maximum Gasteiger partial charge on any atom is 0.324 e. The Kier molecular flexibility index (Phi) is 3.30. The first-order chi connectivity index (χ1) is 7.21. The highest BCUT2D eigenvalue weighted by Crippen LogP contribution is 2.30. The molecule has 88 valence electrons. The van der Waals surface area contributed by atoms with Gasteiger partial charge in [0.1, 0.15) is 0 Å². The summed E-state index contributed by atoms with van der Waals surface area (Å²) in [5.74, 6) is -1.41. The van der Waals surface area contributed by atoms with E-state index in [1.165, 1.54) is 18.2 Å². The maximum absolute atomic E-state index is 12.1. The normalized spacial score (nSPS) is 12.4. The summed E-state index contributed by atoms with van der Waals surface area (Å²) in [6.07, 6.45) is 0. The van der Waals surface area contributed by atoms with Crippen LogP contribution in [0.15, 0.2) is 29.2 Å². The number of carboxylic acid groups (broad SMARTS) is 1. The lowest BCUT2D eigenvalue weighted by Gasteiger charge is -2.20. The Labute approximate surface area is 98.8 Å². The molecule has 0 unspecified atom stereocenters. The van der Waals surface area contributed by atoms with Crippen LogP contribution in [0.5, 0.6) is 0 Å². The van der Waals surface area contributed by atoms with Crippen molar-refractivity contribution in [2.24, 2.45) is 0 Å². The van der Waals surface area contributed by atoms with Gasteiger partial charge in [-0.15, -0.1) is 0 Å². The lowest BCUT2D eigenvalue weighted by Crippen LogP contribution is -2.40. The minimum atomic E-state index is -4.00. The number of hydrogen-bond donors (Lipinski definition) is 1. The van der Waals surface area contributed by atoms with Gasteiger partial charge in [-0.1, -0.05) is 23.7 Å².